The summed E-state index contributed by atoms with van der Waals surface area (Å²) in [4.78, 5) is 21.4. The molecule has 1 saturated heterocycles. The molecular formula is C18H19F2N3O3. The highest BCUT2D eigenvalue weighted by molar-refractivity contribution is 5.76. The van der Waals surface area contributed by atoms with E-state index in [1.807, 2.05) is 0 Å². The van der Waals surface area contributed by atoms with Crippen molar-refractivity contribution in [2.24, 2.45) is 0 Å². The van der Waals surface area contributed by atoms with Crippen LogP contribution in [0.4, 0.5) is 8.78 Å². The van der Waals surface area contributed by atoms with Gasteiger partial charge in [-0.05, 0) is 24.6 Å². The average Bonchev–Trinajstić information content (AvgIpc) is 3.15. The van der Waals surface area contributed by atoms with Crippen LogP contribution in [0.5, 0.6) is 11.6 Å². The number of hydrogen-bond donors (Lipinski definition) is 1. The van der Waals surface area contributed by atoms with Crippen LogP contribution in [-0.4, -0.2) is 35.7 Å². The number of pyridine rings is 1. The topological polar surface area (TPSA) is 63.7 Å². The Kier molecular flexibility index (Phi) is 6.08. The Morgan fingerprint density at radius 3 is 3.00 bits per heavy atom. The number of amides is 1. The second-order valence-electron chi connectivity index (χ2n) is 5.79. The molecule has 0 saturated carbocycles. The van der Waals surface area contributed by atoms with E-state index in [0.29, 0.717) is 25.1 Å². The molecule has 1 aliphatic rings. The van der Waals surface area contributed by atoms with Gasteiger partial charge in [0.2, 0.25) is 11.8 Å². The second-order valence-corrected chi connectivity index (χ2v) is 5.79. The number of nitrogens with one attached hydrogen (secondary N) is 1. The van der Waals surface area contributed by atoms with E-state index in [1.165, 1.54) is 12.3 Å². The molecule has 2 heterocycles. The van der Waals surface area contributed by atoms with Gasteiger partial charge in [-0.15, -0.1) is 0 Å². The van der Waals surface area contributed by atoms with Crippen molar-refractivity contribution in [2.75, 3.05) is 19.7 Å². The molecular weight excluding hydrogens is 344 g/mol. The van der Waals surface area contributed by atoms with E-state index in [2.05, 4.69) is 10.3 Å². The fraction of sp³-hybridized carbons (Fsp3) is 0.333. The first-order chi connectivity index (χ1) is 12.6. The number of benzene rings is 1. The summed E-state index contributed by atoms with van der Waals surface area (Å²) < 4.78 is 32.2. The zero-order valence-corrected chi connectivity index (χ0v) is 14.1. The molecule has 1 aromatic heterocycles. The van der Waals surface area contributed by atoms with Crippen molar-refractivity contribution >= 4 is 5.91 Å². The van der Waals surface area contributed by atoms with Gasteiger partial charge in [0.1, 0.15) is 5.82 Å². The van der Waals surface area contributed by atoms with Crippen LogP contribution in [0, 0.1) is 11.6 Å². The number of carbonyl (C=O) groups is 1. The van der Waals surface area contributed by atoms with Crippen LogP contribution in [0.1, 0.15) is 18.4 Å². The average molecular weight is 363 g/mol. The van der Waals surface area contributed by atoms with E-state index in [0.717, 1.165) is 25.1 Å². The van der Waals surface area contributed by atoms with E-state index in [1.54, 1.807) is 17.2 Å². The van der Waals surface area contributed by atoms with Gasteiger partial charge in [-0.2, -0.15) is 5.06 Å². The molecule has 138 valence electrons. The minimum Gasteiger partial charge on any atom is -0.436 e. The maximum Gasteiger partial charge on any atom is 0.224 e. The molecule has 1 aliphatic heterocycles. The predicted octanol–water partition coefficient (Wildman–Crippen LogP) is 2.80. The van der Waals surface area contributed by atoms with Crippen LogP contribution < -0.4 is 10.1 Å². The van der Waals surface area contributed by atoms with E-state index in [-0.39, 0.29) is 24.1 Å². The molecule has 0 spiro atoms. The highest BCUT2D eigenvalue weighted by Gasteiger charge is 2.15. The summed E-state index contributed by atoms with van der Waals surface area (Å²) in [6.45, 7) is 2.24. The SMILES string of the molecule is O=C(CCN1CCCO1)NCc1cccnc1Oc1ccc(F)cc1F. The summed E-state index contributed by atoms with van der Waals surface area (Å²) in [5.41, 5.74) is 0.585. The lowest BCUT2D eigenvalue weighted by Gasteiger charge is -2.14. The van der Waals surface area contributed by atoms with E-state index >= 15 is 0 Å². The lowest BCUT2D eigenvalue weighted by molar-refractivity contribution is -0.130. The highest BCUT2D eigenvalue weighted by Crippen LogP contribution is 2.26. The standard InChI is InChI=1S/C18H19F2N3O3/c19-14-4-5-16(15(20)11-14)26-18-13(3-1-7-21-18)12-22-17(24)6-9-23-8-2-10-25-23/h1,3-5,7,11H,2,6,8-10,12H2,(H,22,24). The zero-order valence-electron chi connectivity index (χ0n) is 14.1. The lowest BCUT2D eigenvalue weighted by Crippen LogP contribution is -2.28. The van der Waals surface area contributed by atoms with Gasteiger partial charge in [0, 0.05) is 43.9 Å². The molecule has 2 aromatic rings. The monoisotopic (exact) mass is 363 g/mol. The van der Waals surface area contributed by atoms with Gasteiger partial charge in [-0.25, -0.2) is 13.8 Å². The Balaban J connectivity index is 1.57. The number of ether oxygens (including phenoxy) is 1. The van der Waals surface area contributed by atoms with Crippen molar-refractivity contribution in [3.8, 4) is 11.6 Å². The largest absolute Gasteiger partial charge is 0.436 e. The van der Waals surface area contributed by atoms with Crippen LogP contribution in [0.2, 0.25) is 0 Å². The molecule has 0 aliphatic carbocycles. The lowest BCUT2D eigenvalue weighted by atomic mass is 10.2. The van der Waals surface area contributed by atoms with Crippen molar-refractivity contribution in [3.63, 3.8) is 0 Å². The van der Waals surface area contributed by atoms with Crippen molar-refractivity contribution in [2.45, 2.75) is 19.4 Å². The maximum atomic E-state index is 13.8. The Bertz CT molecular complexity index is 767. The van der Waals surface area contributed by atoms with Gasteiger partial charge in [-0.3, -0.25) is 9.63 Å². The molecule has 0 radical (unpaired) electrons. The van der Waals surface area contributed by atoms with Gasteiger partial charge < -0.3 is 10.1 Å². The summed E-state index contributed by atoms with van der Waals surface area (Å²) in [6, 6.07) is 6.43. The number of aromatic nitrogens is 1. The summed E-state index contributed by atoms with van der Waals surface area (Å²) in [5.74, 6) is -1.63. The Morgan fingerprint density at radius 2 is 2.23 bits per heavy atom. The van der Waals surface area contributed by atoms with Crippen molar-refractivity contribution in [1.29, 1.82) is 0 Å². The number of halogens is 2. The maximum absolute atomic E-state index is 13.8. The molecule has 1 aromatic carbocycles. The van der Waals surface area contributed by atoms with Gasteiger partial charge in [0.25, 0.3) is 0 Å². The molecule has 0 atom stereocenters. The first-order valence-electron chi connectivity index (χ1n) is 8.33. The third-order valence-electron chi connectivity index (χ3n) is 3.84. The summed E-state index contributed by atoms with van der Waals surface area (Å²) in [7, 11) is 0. The third kappa shape index (κ3) is 4.96. The summed E-state index contributed by atoms with van der Waals surface area (Å²) in [6.07, 6.45) is 2.77. The van der Waals surface area contributed by atoms with E-state index in [9.17, 15) is 13.6 Å². The number of hydroxylamine groups is 2. The molecule has 1 fully saturated rings. The molecule has 1 N–H and O–H groups in total. The Labute approximate surface area is 149 Å². The van der Waals surface area contributed by atoms with Crippen molar-refractivity contribution < 1.29 is 23.1 Å². The summed E-state index contributed by atoms with van der Waals surface area (Å²) >= 11 is 0. The normalized spacial score (nSPS) is 14.4. The first kappa shape index (κ1) is 18.2. The first-order valence-corrected chi connectivity index (χ1v) is 8.33. The quantitative estimate of drug-likeness (QED) is 0.820. The second kappa shape index (κ2) is 8.68. The molecule has 0 unspecified atom stereocenters. The van der Waals surface area contributed by atoms with Crippen LogP contribution in [0.25, 0.3) is 0 Å². The molecule has 1 amide bonds. The number of carbonyl (C=O) groups excluding carboxylic acids is 1. The number of rotatable bonds is 7. The minimum absolute atomic E-state index is 0.135. The molecule has 0 bridgehead atoms. The van der Waals surface area contributed by atoms with Crippen LogP contribution in [0.15, 0.2) is 36.5 Å². The van der Waals surface area contributed by atoms with Crippen LogP contribution in [-0.2, 0) is 16.2 Å². The van der Waals surface area contributed by atoms with Gasteiger partial charge in [0.15, 0.2) is 11.6 Å². The number of nitrogens with zero attached hydrogens (tertiary/aromatic N) is 2. The Morgan fingerprint density at radius 1 is 1.35 bits per heavy atom. The van der Waals surface area contributed by atoms with E-state index < -0.39 is 11.6 Å². The fourth-order valence-electron chi connectivity index (χ4n) is 2.50. The van der Waals surface area contributed by atoms with Gasteiger partial charge in [-0.1, -0.05) is 6.07 Å². The third-order valence-corrected chi connectivity index (χ3v) is 3.84. The fourth-order valence-corrected chi connectivity index (χ4v) is 2.50. The Hall–Kier alpha value is -2.58. The zero-order chi connectivity index (χ0) is 18.4. The van der Waals surface area contributed by atoms with Crippen molar-refractivity contribution in [1.82, 2.24) is 15.4 Å². The highest BCUT2D eigenvalue weighted by atomic mass is 19.1. The van der Waals surface area contributed by atoms with Gasteiger partial charge in [0.05, 0.1) is 6.61 Å². The number of hydrogen-bond acceptors (Lipinski definition) is 5. The van der Waals surface area contributed by atoms with Crippen LogP contribution >= 0.6 is 0 Å². The molecule has 3 rings (SSSR count). The molecule has 8 heteroatoms. The van der Waals surface area contributed by atoms with Gasteiger partial charge >= 0.3 is 0 Å². The molecule has 6 nitrogen and oxygen atoms in total. The predicted molar refractivity (Wildman–Crippen MR) is 89.3 cm³/mol. The molecule has 26 heavy (non-hydrogen) atoms. The smallest absolute Gasteiger partial charge is 0.224 e. The van der Waals surface area contributed by atoms with Crippen LogP contribution in [0.3, 0.4) is 0 Å². The van der Waals surface area contributed by atoms with Crippen molar-refractivity contribution in [3.05, 3.63) is 53.7 Å². The van der Waals surface area contributed by atoms with E-state index in [4.69, 9.17) is 9.57 Å². The summed E-state index contributed by atoms with van der Waals surface area (Å²) in [5, 5.41) is 4.55. The minimum atomic E-state index is -0.823.